The molecule has 0 radical (unpaired) electrons. The molecule has 1 heterocycles. The third-order valence-electron chi connectivity index (χ3n) is 3.29. The fourth-order valence-electron chi connectivity index (χ4n) is 2.16. The van der Waals surface area contributed by atoms with E-state index >= 15 is 0 Å². The van der Waals surface area contributed by atoms with Crippen LogP contribution in [0.15, 0.2) is 36.4 Å². The molecule has 23 heavy (non-hydrogen) atoms. The molecule has 1 saturated heterocycles. The zero-order valence-corrected chi connectivity index (χ0v) is 13.8. The van der Waals surface area contributed by atoms with Gasteiger partial charge in [0.15, 0.2) is 0 Å². The summed E-state index contributed by atoms with van der Waals surface area (Å²) in [4.78, 5) is 21.5. The van der Waals surface area contributed by atoms with Crippen molar-refractivity contribution in [2.75, 3.05) is 18.0 Å². The topological polar surface area (TPSA) is 89.9 Å². The molecule has 2 rings (SSSR count). The Morgan fingerprint density at radius 3 is 2.17 bits per heavy atom. The summed E-state index contributed by atoms with van der Waals surface area (Å²) in [6.45, 7) is 6.56. The van der Waals surface area contributed by atoms with Crippen LogP contribution in [0.4, 0.5) is 5.69 Å². The number of carbonyl (C=O) groups is 2. The zero-order valence-electron chi connectivity index (χ0n) is 13.1. The molecular formula is C16H21ClN2O4. The summed E-state index contributed by atoms with van der Waals surface area (Å²) in [7, 11) is 0. The number of benzene rings is 1. The van der Waals surface area contributed by atoms with Gasteiger partial charge in [-0.05, 0) is 38.1 Å². The van der Waals surface area contributed by atoms with Crippen LogP contribution in [-0.4, -0.2) is 47.3 Å². The van der Waals surface area contributed by atoms with Gasteiger partial charge < -0.3 is 20.4 Å². The molecule has 1 aliphatic heterocycles. The maximum absolute atomic E-state index is 9.55. The Balaban J connectivity index is 0.000000284. The Kier molecular flexibility index (Phi) is 7.57. The van der Waals surface area contributed by atoms with Crippen LogP contribution in [0.2, 0.25) is 5.02 Å². The normalized spacial score (nSPS) is 20.7. The Labute approximate surface area is 140 Å². The molecule has 2 atom stereocenters. The van der Waals surface area contributed by atoms with Crippen molar-refractivity contribution >= 4 is 29.2 Å². The Bertz CT molecular complexity index is 544. The number of rotatable bonds is 3. The van der Waals surface area contributed by atoms with Gasteiger partial charge in [0.1, 0.15) is 0 Å². The summed E-state index contributed by atoms with van der Waals surface area (Å²) in [5.41, 5.74) is 1.26. The van der Waals surface area contributed by atoms with E-state index in [4.69, 9.17) is 21.8 Å². The number of aliphatic carboxylic acids is 2. The standard InChI is InChI=1S/C12H17ClN2.C4H4O4/c1-9-8-15(10(2)7-14-9)12-5-3-11(13)4-6-12;5-3(6)1-2-4(7)8/h3-6,9-10,14H,7-8H2,1-2H3;1-2H,(H,5,6)(H,7,8)/b;2-1+. The van der Waals surface area contributed by atoms with Crippen molar-refractivity contribution in [1.29, 1.82) is 0 Å². The number of halogens is 1. The highest BCUT2D eigenvalue weighted by Gasteiger charge is 2.22. The van der Waals surface area contributed by atoms with Crippen LogP contribution >= 0.6 is 11.6 Å². The van der Waals surface area contributed by atoms with E-state index in [0.29, 0.717) is 24.2 Å². The number of carboxylic acids is 2. The molecule has 0 aliphatic carbocycles. The van der Waals surface area contributed by atoms with E-state index in [-0.39, 0.29) is 0 Å². The molecule has 0 spiro atoms. The molecule has 6 nitrogen and oxygen atoms in total. The molecule has 2 unspecified atom stereocenters. The highest BCUT2D eigenvalue weighted by Crippen LogP contribution is 2.21. The molecule has 0 aromatic heterocycles. The average Bonchev–Trinajstić information content (AvgIpc) is 2.49. The van der Waals surface area contributed by atoms with Crippen molar-refractivity contribution < 1.29 is 19.8 Å². The van der Waals surface area contributed by atoms with Crippen LogP contribution in [0, 0.1) is 0 Å². The van der Waals surface area contributed by atoms with E-state index in [1.165, 1.54) is 5.69 Å². The molecule has 1 aromatic carbocycles. The summed E-state index contributed by atoms with van der Waals surface area (Å²) in [6.07, 6.45) is 1.12. The van der Waals surface area contributed by atoms with E-state index in [1.54, 1.807) is 0 Å². The van der Waals surface area contributed by atoms with Gasteiger partial charge in [0.25, 0.3) is 0 Å². The van der Waals surface area contributed by atoms with Gasteiger partial charge in [0, 0.05) is 48.0 Å². The lowest BCUT2D eigenvalue weighted by atomic mass is 10.1. The quantitative estimate of drug-likeness (QED) is 0.731. The third kappa shape index (κ3) is 7.17. The van der Waals surface area contributed by atoms with E-state index in [9.17, 15) is 9.59 Å². The van der Waals surface area contributed by atoms with Gasteiger partial charge in [-0.15, -0.1) is 0 Å². The molecular weight excluding hydrogens is 320 g/mol. The monoisotopic (exact) mass is 340 g/mol. The van der Waals surface area contributed by atoms with Crippen molar-refractivity contribution in [3.05, 3.63) is 41.4 Å². The maximum atomic E-state index is 9.55. The van der Waals surface area contributed by atoms with Crippen LogP contribution in [0.25, 0.3) is 0 Å². The minimum Gasteiger partial charge on any atom is -0.478 e. The summed E-state index contributed by atoms with van der Waals surface area (Å²) in [5, 5.41) is 19.9. The SMILES string of the molecule is CC1CN(c2ccc(Cl)cc2)C(C)CN1.O=C(O)/C=C/C(=O)O. The molecule has 0 amide bonds. The van der Waals surface area contributed by atoms with Gasteiger partial charge in [-0.1, -0.05) is 11.6 Å². The highest BCUT2D eigenvalue weighted by atomic mass is 35.5. The third-order valence-corrected chi connectivity index (χ3v) is 3.54. The molecule has 1 fully saturated rings. The van der Waals surface area contributed by atoms with E-state index < -0.39 is 11.9 Å². The van der Waals surface area contributed by atoms with Crippen molar-refractivity contribution in [2.24, 2.45) is 0 Å². The number of nitrogens with zero attached hydrogens (tertiary/aromatic N) is 1. The first-order valence-corrected chi connectivity index (χ1v) is 7.57. The van der Waals surface area contributed by atoms with Crippen LogP contribution in [-0.2, 0) is 9.59 Å². The highest BCUT2D eigenvalue weighted by molar-refractivity contribution is 6.30. The van der Waals surface area contributed by atoms with Gasteiger partial charge in [0.05, 0.1) is 0 Å². The molecule has 1 aliphatic rings. The summed E-state index contributed by atoms with van der Waals surface area (Å²) >= 11 is 5.88. The Hall–Kier alpha value is -2.05. The maximum Gasteiger partial charge on any atom is 0.328 e. The van der Waals surface area contributed by atoms with Crippen LogP contribution in [0.3, 0.4) is 0 Å². The number of piperazine rings is 1. The lowest BCUT2D eigenvalue weighted by Crippen LogP contribution is -2.54. The number of hydrogen-bond donors (Lipinski definition) is 3. The molecule has 126 valence electrons. The number of hydrogen-bond acceptors (Lipinski definition) is 4. The van der Waals surface area contributed by atoms with Gasteiger partial charge in [-0.25, -0.2) is 9.59 Å². The van der Waals surface area contributed by atoms with Gasteiger partial charge >= 0.3 is 11.9 Å². The lowest BCUT2D eigenvalue weighted by Gasteiger charge is -2.39. The zero-order chi connectivity index (χ0) is 17.4. The largest absolute Gasteiger partial charge is 0.478 e. The first-order valence-electron chi connectivity index (χ1n) is 7.19. The fraction of sp³-hybridized carbons (Fsp3) is 0.375. The van der Waals surface area contributed by atoms with E-state index in [2.05, 4.69) is 36.2 Å². The molecule has 7 heteroatoms. The van der Waals surface area contributed by atoms with Crippen molar-refractivity contribution in [3.63, 3.8) is 0 Å². The summed E-state index contributed by atoms with van der Waals surface area (Å²) < 4.78 is 0. The summed E-state index contributed by atoms with van der Waals surface area (Å²) in [6, 6.07) is 9.19. The van der Waals surface area contributed by atoms with Crippen molar-refractivity contribution in [1.82, 2.24) is 5.32 Å². The molecule has 0 bridgehead atoms. The predicted octanol–water partition coefficient (Wildman–Crippen LogP) is 2.24. The van der Waals surface area contributed by atoms with E-state index in [0.717, 1.165) is 18.1 Å². The number of anilines is 1. The first-order chi connectivity index (χ1) is 10.8. The lowest BCUT2D eigenvalue weighted by molar-refractivity contribution is -0.134. The van der Waals surface area contributed by atoms with Gasteiger partial charge in [-0.2, -0.15) is 0 Å². The van der Waals surface area contributed by atoms with Crippen LogP contribution in [0.5, 0.6) is 0 Å². The Morgan fingerprint density at radius 2 is 1.70 bits per heavy atom. The van der Waals surface area contributed by atoms with Crippen molar-refractivity contribution in [2.45, 2.75) is 25.9 Å². The first kappa shape index (κ1) is 19.0. The molecule has 1 aromatic rings. The van der Waals surface area contributed by atoms with Crippen LogP contribution < -0.4 is 10.2 Å². The minimum absolute atomic E-state index is 0.544. The Morgan fingerprint density at radius 1 is 1.17 bits per heavy atom. The van der Waals surface area contributed by atoms with Gasteiger partial charge in [-0.3, -0.25) is 0 Å². The van der Waals surface area contributed by atoms with Crippen molar-refractivity contribution in [3.8, 4) is 0 Å². The number of carboxylic acid groups (broad SMARTS) is 2. The van der Waals surface area contributed by atoms with E-state index in [1.807, 2.05) is 12.1 Å². The summed E-state index contributed by atoms with van der Waals surface area (Å²) in [5.74, 6) is -2.51. The molecule has 3 N–H and O–H groups in total. The average molecular weight is 341 g/mol. The fourth-order valence-corrected chi connectivity index (χ4v) is 2.28. The van der Waals surface area contributed by atoms with Gasteiger partial charge in [0.2, 0.25) is 0 Å². The number of nitrogens with one attached hydrogen (secondary N) is 1. The van der Waals surface area contributed by atoms with Crippen LogP contribution in [0.1, 0.15) is 13.8 Å². The predicted molar refractivity (Wildman–Crippen MR) is 90.1 cm³/mol. The molecule has 0 saturated carbocycles. The second-order valence-corrected chi connectivity index (χ2v) is 5.73. The smallest absolute Gasteiger partial charge is 0.328 e. The second kappa shape index (κ2) is 9.17. The minimum atomic E-state index is -1.26. The second-order valence-electron chi connectivity index (χ2n) is 5.30.